The molecular formula is C19H25N3O2. The zero-order valence-electron chi connectivity index (χ0n) is 14.3. The van der Waals surface area contributed by atoms with Crippen molar-refractivity contribution in [1.82, 2.24) is 15.6 Å². The van der Waals surface area contributed by atoms with Crippen LogP contribution in [0.5, 0.6) is 5.75 Å². The number of aryl methyl sites for hydroxylation is 1. The Bertz CT molecular complexity index is 669. The molecular weight excluding hydrogens is 302 g/mol. The summed E-state index contributed by atoms with van der Waals surface area (Å²) in [5, 5.41) is 15.9. The van der Waals surface area contributed by atoms with Crippen molar-refractivity contribution in [1.29, 1.82) is 0 Å². The van der Waals surface area contributed by atoms with Gasteiger partial charge in [0.2, 0.25) is 0 Å². The lowest BCUT2D eigenvalue weighted by molar-refractivity contribution is 0.0953. The fraction of sp³-hybridized carbons (Fsp3) is 0.368. The van der Waals surface area contributed by atoms with E-state index in [-0.39, 0.29) is 11.7 Å². The standard InChI is InChI=1S/C19H25N3O2/c1-3-4-11-21-19(24)16-8-6-15(7-9-16)12-20-13-17-18(23)10-5-14(2)22-17/h5-10,20,23H,3-4,11-13H2,1-2H3,(H,21,24). The first kappa shape index (κ1) is 17.9. The lowest BCUT2D eigenvalue weighted by Crippen LogP contribution is -2.24. The van der Waals surface area contributed by atoms with Crippen molar-refractivity contribution in [3.05, 3.63) is 58.9 Å². The number of pyridine rings is 1. The number of amides is 1. The zero-order chi connectivity index (χ0) is 17.4. The summed E-state index contributed by atoms with van der Waals surface area (Å²) >= 11 is 0. The Kier molecular flexibility index (Phi) is 6.75. The van der Waals surface area contributed by atoms with E-state index in [2.05, 4.69) is 22.5 Å². The molecule has 5 nitrogen and oxygen atoms in total. The SMILES string of the molecule is CCCCNC(=O)c1ccc(CNCc2nc(C)ccc2O)cc1. The van der Waals surface area contributed by atoms with Gasteiger partial charge in [0.1, 0.15) is 5.75 Å². The fourth-order valence-electron chi connectivity index (χ4n) is 2.31. The lowest BCUT2D eigenvalue weighted by atomic mass is 10.1. The lowest BCUT2D eigenvalue weighted by Gasteiger charge is -2.08. The van der Waals surface area contributed by atoms with Gasteiger partial charge in [-0.3, -0.25) is 9.78 Å². The molecule has 0 fully saturated rings. The molecule has 128 valence electrons. The first-order valence-corrected chi connectivity index (χ1v) is 8.33. The molecule has 0 aliphatic carbocycles. The largest absolute Gasteiger partial charge is 0.506 e. The molecule has 0 radical (unpaired) electrons. The minimum atomic E-state index is -0.0307. The molecule has 1 aromatic heterocycles. The summed E-state index contributed by atoms with van der Waals surface area (Å²) in [6.45, 7) is 5.85. The van der Waals surface area contributed by atoms with Gasteiger partial charge in [-0.05, 0) is 43.2 Å². The van der Waals surface area contributed by atoms with Gasteiger partial charge < -0.3 is 15.7 Å². The van der Waals surface area contributed by atoms with E-state index in [4.69, 9.17) is 0 Å². The normalized spacial score (nSPS) is 10.6. The third kappa shape index (κ3) is 5.35. The van der Waals surface area contributed by atoms with Crippen LogP contribution < -0.4 is 10.6 Å². The molecule has 0 unspecified atom stereocenters. The third-order valence-electron chi connectivity index (χ3n) is 3.74. The Morgan fingerprint density at radius 2 is 1.88 bits per heavy atom. The summed E-state index contributed by atoms with van der Waals surface area (Å²) in [4.78, 5) is 16.2. The van der Waals surface area contributed by atoms with Gasteiger partial charge in [0.05, 0.1) is 5.69 Å². The van der Waals surface area contributed by atoms with Crippen molar-refractivity contribution in [3.8, 4) is 5.75 Å². The second-order valence-electron chi connectivity index (χ2n) is 5.83. The second-order valence-corrected chi connectivity index (χ2v) is 5.83. The van der Waals surface area contributed by atoms with Crippen LogP contribution in [0.15, 0.2) is 36.4 Å². The first-order valence-electron chi connectivity index (χ1n) is 8.33. The van der Waals surface area contributed by atoms with Crippen molar-refractivity contribution in [2.24, 2.45) is 0 Å². The summed E-state index contributed by atoms with van der Waals surface area (Å²) < 4.78 is 0. The maximum atomic E-state index is 11.9. The summed E-state index contributed by atoms with van der Waals surface area (Å²) in [6, 6.07) is 11.0. The molecule has 3 N–H and O–H groups in total. The van der Waals surface area contributed by atoms with Crippen molar-refractivity contribution >= 4 is 5.91 Å². The summed E-state index contributed by atoms with van der Waals surface area (Å²) in [7, 11) is 0. The smallest absolute Gasteiger partial charge is 0.251 e. The van der Waals surface area contributed by atoms with Crippen LogP contribution in [0.25, 0.3) is 0 Å². The maximum absolute atomic E-state index is 11.9. The number of aromatic hydroxyl groups is 1. The van der Waals surface area contributed by atoms with Crippen molar-refractivity contribution in [2.75, 3.05) is 6.54 Å². The average molecular weight is 327 g/mol. The molecule has 1 heterocycles. The molecule has 1 amide bonds. The Balaban J connectivity index is 1.83. The van der Waals surface area contributed by atoms with Gasteiger partial charge in [0, 0.05) is 30.9 Å². The zero-order valence-corrected chi connectivity index (χ0v) is 14.3. The minimum absolute atomic E-state index is 0.0307. The molecule has 2 aromatic rings. The number of carbonyl (C=O) groups excluding carboxylic acids is 1. The van der Waals surface area contributed by atoms with E-state index >= 15 is 0 Å². The maximum Gasteiger partial charge on any atom is 0.251 e. The first-order chi connectivity index (χ1) is 11.6. The van der Waals surface area contributed by atoms with Crippen molar-refractivity contribution in [2.45, 2.75) is 39.8 Å². The quantitative estimate of drug-likeness (QED) is 0.652. The third-order valence-corrected chi connectivity index (χ3v) is 3.74. The molecule has 0 aliphatic rings. The average Bonchev–Trinajstić information content (AvgIpc) is 2.58. The van der Waals surface area contributed by atoms with Crippen molar-refractivity contribution < 1.29 is 9.90 Å². The number of carbonyl (C=O) groups is 1. The highest BCUT2D eigenvalue weighted by Crippen LogP contribution is 2.14. The van der Waals surface area contributed by atoms with Gasteiger partial charge in [-0.15, -0.1) is 0 Å². The van der Waals surface area contributed by atoms with Crippen LogP contribution in [0.2, 0.25) is 0 Å². The predicted molar refractivity (Wildman–Crippen MR) is 94.9 cm³/mol. The van der Waals surface area contributed by atoms with E-state index < -0.39 is 0 Å². The van der Waals surface area contributed by atoms with Gasteiger partial charge in [0.15, 0.2) is 0 Å². The second kappa shape index (κ2) is 9.03. The van der Waals surface area contributed by atoms with E-state index in [0.29, 0.717) is 30.9 Å². The predicted octanol–water partition coefficient (Wildman–Crippen LogP) is 2.92. The van der Waals surface area contributed by atoms with E-state index in [1.165, 1.54) is 0 Å². The number of aromatic nitrogens is 1. The molecule has 1 aromatic carbocycles. The highest BCUT2D eigenvalue weighted by atomic mass is 16.3. The molecule has 2 rings (SSSR count). The Morgan fingerprint density at radius 3 is 2.58 bits per heavy atom. The molecule has 0 spiro atoms. The van der Waals surface area contributed by atoms with Crippen LogP contribution in [-0.4, -0.2) is 22.5 Å². The monoisotopic (exact) mass is 327 g/mol. The number of hydrogen-bond acceptors (Lipinski definition) is 4. The molecule has 0 atom stereocenters. The number of benzene rings is 1. The van der Waals surface area contributed by atoms with Crippen LogP contribution in [0.3, 0.4) is 0 Å². The van der Waals surface area contributed by atoms with E-state index in [1.54, 1.807) is 12.1 Å². The van der Waals surface area contributed by atoms with Crippen LogP contribution in [-0.2, 0) is 13.1 Å². The Hall–Kier alpha value is -2.40. The van der Waals surface area contributed by atoms with Crippen LogP contribution >= 0.6 is 0 Å². The molecule has 5 heteroatoms. The number of unbranched alkanes of at least 4 members (excludes halogenated alkanes) is 1. The van der Waals surface area contributed by atoms with Gasteiger partial charge in [-0.25, -0.2) is 0 Å². The molecule has 0 saturated heterocycles. The summed E-state index contributed by atoms with van der Waals surface area (Å²) in [5.74, 6) is 0.170. The Morgan fingerprint density at radius 1 is 1.12 bits per heavy atom. The molecule has 0 saturated carbocycles. The highest BCUT2D eigenvalue weighted by Gasteiger charge is 2.05. The summed E-state index contributed by atoms with van der Waals surface area (Å²) in [6.07, 6.45) is 2.06. The van der Waals surface area contributed by atoms with Crippen molar-refractivity contribution in [3.63, 3.8) is 0 Å². The van der Waals surface area contributed by atoms with E-state index in [1.807, 2.05) is 31.2 Å². The van der Waals surface area contributed by atoms with Gasteiger partial charge >= 0.3 is 0 Å². The molecule has 24 heavy (non-hydrogen) atoms. The van der Waals surface area contributed by atoms with Gasteiger partial charge in [-0.2, -0.15) is 0 Å². The van der Waals surface area contributed by atoms with Crippen LogP contribution in [0.4, 0.5) is 0 Å². The Labute approximate surface area is 143 Å². The van der Waals surface area contributed by atoms with E-state index in [0.717, 1.165) is 24.1 Å². The van der Waals surface area contributed by atoms with E-state index in [9.17, 15) is 9.90 Å². The number of hydrogen-bond donors (Lipinski definition) is 3. The van der Waals surface area contributed by atoms with Gasteiger partial charge in [-0.1, -0.05) is 25.5 Å². The molecule has 0 aliphatic heterocycles. The number of nitrogens with zero attached hydrogens (tertiary/aromatic N) is 1. The topological polar surface area (TPSA) is 74.2 Å². The minimum Gasteiger partial charge on any atom is -0.506 e. The molecule has 0 bridgehead atoms. The fourth-order valence-corrected chi connectivity index (χ4v) is 2.31. The van der Waals surface area contributed by atoms with Gasteiger partial charge in [0.25, 0.3) is 5.91 Å². The van der Waals surface area contributed by atoms with Crippen LogP contribution in [0, 0.1) is 6.92 Å². The number of rotatable bonds is 8. The van der Waals surface area contributed by atoms with Crippen LogP contribution in [0.1, 0.15) is 47.1 Å². The highest BCUT2D eigenvalue weighted by molar-refractivity contribution is 5.94. The summed E-state index contributed by atoms with van der Waals surface area (Å²) in [5.41, 5.74) is 3.27. The number of nitrogens with one attached hydrogen (secondary N) is 2.